The van der Waals surface area contributed by atoms with Crippen LogP contribution in [0.4, 0.5) is 4.79 Å². The van der Waals surface area contributed by atoms with Crippen LogP contribution in [0.15, 0.2) is 36.4 Å². The summed E-state index contributed by atoms with van der Waals surface area (Å²) in [6, 6.07) is 11.2. The number of rotatable bonds is 5. The minimum Gasteiger partial charge on any atom is -0.444 e. The molecule has 4 rings (SSSR count). The van der Waals surface area contributed by atoms with Crippen molar-refractivity contribution in [2.75, 3.05) is 20.3 Å². The number of nitrogens with zero attached hydrogens (tertiary/aromatic N) is 2. The summed E-state index contributed by atoms with van der Waals surface area (Å²) in [5.41, 5.74) is 5.03. The second-order valence-electron chi connectivity index (χ2n) is 9.76. The third-order valence-electron chi connectivity index (χ3n) is 5.76. The Hall–Kier alpha value is -3.39. The number of ether oxygens (including phenoxy) is 2. The van der Waals surface area contributed by atoms with Gasteiger partial charge in [-0.3, -0.25) is 4.79 Å². The maximum atomic E-state index is 13.1. The van der Waals surface area contributed by atoms with E-state index in [4.69, 9.17) is 9.47 Å². The summed E-state index contributed by atoms with van der Waals surface area (Å²) in [6.45, 7) is 8.91. The molecule has 0 spiro atoms. The molecule has 1 atom stereocenters. The van der Waals surface area contributed by atoms with Crippen molar-refractivity contribution in [1.82, 2.24) is 20.2 Å². The van der Waals surface area contributed by atoms with E-state index < -0.39 is 11.6 Å². The Morgan fingerprint density at radius 1 is 1.18 bits per heavy atom. The molecule has 0 radical (unpaired) electrons. The smallest absolute Gasteiger partial charge is 0.410 e. The van der Waals surface area contributed by atoms with Gasteiger partial charge in [0.25, 0.3) is 5.91 Å². The summed E-state index contributed by atoms with van der Waals surface area (Å²) < 4.78 is 10.8. The number of aromatic amines is 1. The minimum atomic E-state index is -0.531. The maximum absolute atomic E-state index is 13.1. The molecule has 180 valence electrons. The first-order chi connectivity index (χ1) is 16.1. The molecule has 8 nitrogen and oxygen atoms in total. The van der Waals surface area contributed by atoms with Crippen LogP contribution in [-0.4, -0.2) is 52.7 Å². The highest BCUT2D eigenvalue weighted by Gasteiger charge is 2.26. The topological polar surface area (TPSA) is 96.6 Å². The summed E-state index contributed by atoms with van der Waals surface area (Å²) in [6.07, 6.45) is 0.350. The van der Waals surface area contributed by atoms with Crippen LogP contribution in [0.3, 0.4) is 0 Å². The number of carbonyl (C=O) groups is 2. The van der Waals surface area contributed by atoms with E-state index in [-0.39, 0.29) is 12.0 Å². The summed E-state index contributed by atoms with van der Waals surface area (Å²) in [4.78, 5) is 35.2. The fraction of sp³-hybridized carbons (Fsp3) is 0.423. The zero-order valence-electron chi connectivity index (χ0n) is 20.4. The number of H-pyrrole nitrogens is 1. The van der Waals surface area contributed by atoms with E-state index in [1.165, 1.54) is 0 Å². The Balaban J connectivity index is 1.47. The van der Waals surface area contributed by atoms with Gasteiger partial charge < -0.3 is 24.7 Å². The Labute approximate surface area is 199 Å². The second kappa shape index (κ2) is 9.46. The van der Waals surface area contributed by atoms with Gasteiger partial charge in [0.15, 0.2) is 0 Å². The molecule has 0 aliphatic carbocycles. The zero-order chi connectivity index (χ0) is 24.5. The molecule has 1 aromatic heterocycles. The van der Waals surface area contributed by atoms with E-state index in [2.05, 4.69) is 15.3 Å². The fourth-order valence-corrected chi connectivity index (χ4v) is 4.08. The van der Waals surface area contributed by atoms with E-state index in [1.54, 1.807) is 18.1 Å². The first-order valence-electron chi connectivity index (χ1n) is 11.5. The summed E-state index contributed by atoms with van der Waals surface area (Å²) >= 11 is 0. The molecule has 0 bridgehead atoms. The Morgan fingerprint density at radius 2 is 1.97 bits per heavy atom. The molecule has 2 amide bonds. The number of benzene rings is 2. The summed E-state index contributed by atoms with van der Waals surface area (Å²) in [5, 5.41) is 3.04. The zero-order valence-corrected chi connectivity index (χ0v) is 20.4. The Morgan fingerprint density at radius 3 is 2.71 bits per heavy atom. The maximum Gasteiger partial charge on any atom is 0.410 e. The second-order valence-corrected chi connectivity index (χ2v) is 9.76. The molecule has 0 fully saturated rings. The molecular weight excluding hydrogens is 432 g/mol. The Kier molecular flexibility index (Phi) is 6.61. The average molecular weight is 465 g/mol. The predicted octanol–water partition coefficient (Wildman–Crippen LogP) is 4.28. The highest BCUT2D eigenvalue weighted by Crippen LogP contribution is 2.23. The highest BCUT2D eigenvalue weighted by atomic mass is 16.6. The molecule has 8 heteroatoms. The molecule has 34 heavy (non-hydrogen) atoms. The van der Waals surface area contributed by atoms with Crippen LogP contribution >= 0.6 is 0 Å². The van der Waals surface area contributed by atoms with Crippen LogP contribution in [-0.2, 0) is 22.4 Å². The van der Waals surface area contributed by atoms with Gasteiger partial charge in [0, 0.05) is 25.8 Å². The van der Waals surface area contributed by atoms with Crippen molar-refractivity contribution in [3.8, 4) is 0 Å². The van der Waals surface area contributed by atoms with Crippen molar-refractivity contribution in [3.63, 3.8) is 0 Å². The number of hydrogen-bond acceptors (Lipinski definition) is 5. The largest absolute Gasteiger partial charge is 0.444 e. The van der Waals surface area contributed by atoms with Gasteiger partial charge in [-0.15, -0.1) is 0 Å². The van der Waals surface area contributed by atoms with Gasteiger partial charge in [-0.2, -0.15) is 0 Å². The third kappa shape index (κ3) is 5.39. The number of amides is 2. The molecule has 1 aliphatic heterocycles. The quantitative estimate of drug-likeness (QED) is 0.587. The molecule has 0 saturated carbocycles. The van der Waals surface area contributed by atoms with Crippen molar-refractivity contribution in [2.45, 2.75) is 52.3 Å². The number of aryl methyl sites for hydroxylation is 1. The van der Waals surface area contributed by atoms with E-state index in [9.17, 15) is 9.59 Å². The first-order valence-corrected chi connectivity index (χ1v) is 11.5. The normalized spacial score (nSPS) is 14.6. The van der Waals surface area contributed by atoms with Crippen molar-refractivity contribution in [3.05, 3.63) is 64.5 Å². The van der Waals surface area contributed by atoms with Gasteiger partial charge >= 0.3 is 6.09 Å². The number of imidazole rings is 1. The standard InChI is InChI=1S/C26H32N4O4/c1-16-6-9-20-21(12-16)28-23(27-20)22(15-33-5)29-24(31)18-7-8-19-14-30(11-10-17(19)13-18)25(32)34-26(2,3)4/h6-9,12-13,22H,10-11,14-15H2,1-5H3,(H,27,28)(H,29,31)/t22-/m0/s1. The third-order valence-corrected chi connectivity index (χ3v) is 5.76. The van der Waals surface area contributed by atoms with Crippen molar-refractivity contribution in [2.24, 2.45) is 0 Å². The van der Waals surface area contributed by atoms with Crippen molar-refractivity contribution in [1.29, 1.82) is 0 Å². The lowest BCUT2D eigenvalue weighted by molar-refractivity contribution is 0.0223. The first kappa shape index (κ1) is 23.8. The van der Waals surface area contributed by atoms with Crippen molar-refractivity contribution < 1.29 is 19.1 Å². The van der Waals surface area contributed by atoms with E-state index in [1.807, 2.05) is 58.0 Å². The minimum absolute atomic E-state index is 0.198. The van der Waals surface area contributed by atoms with Crippen LogP contribution in [0.5, 0.6) is 0 Å². The van der Waals surface area contributed by atoms with Crippen LogP contribution in [0.2, 0.25) is 0 Å². The number of fused-ring (bicyclic) bond motifs is 2. The number of nitrogens with one attached hydrogen (secondary N) is 2. The lowest BCUT2D eigenvalue weighted by Gasteiger charge is -2.31. The highest BCUT2D eigenvalue weighted by molar-refractivity contribution is 5.94. The summed E-state index contributed by atoms with van der Waals surface area (Å²) in [5.74, 6) is 0.456. The fourth-order valence-electron chi connectivity index (χ4n) is 4.08. The average Bonchev–Trinajstić information content (AvgIpc) is 3.20. The lowest BCUT2D eigenvalue weighted by Crippen LogP contribution is -2.40. The van der Waals surface area contributed by atoms with E-state index in [0.29, 0.717) is 37.5 Å². The number of carbonyl (C=O) groups excluding carboxylic acids is 2. The van der Waals surface area contributed by atoms with Gasteiger partial charge in [0.2, 0.25) is 0 Å². The van der Waals surface area contributed by atoms with Gasteiger partial charge in [-0.05, 0) is 75.1 Å². The number of hydrogen-bond donors (Lipinski definition) is 2. The predicted molar refractivity (Wildman–Crippen MR) is 130 cm³/mol. The van der Waals surface area contributed by atoms with Gasteiger partial charge in [0.05, 0.1) is 17.6 Å². The molecule has 2 heterocycles. The van der Waals surface area contributed by atoms with Crippen molar-refractivity contribution >= 4 is 23.0 Å². The lowest BCUT2D eigenvalue weighted by atomic mass is 9.97. The van der Waals surface area contributed by atoms with Gasteiger partial charge in [-0.25, -0.2) is 9.78 Å². The van der Waals surface area contributed by atoms with Crippen LogP contribution in [0, 0.1) is 6.92 Å². The molecule has 0 saturated heterocycles. The SMILES string of the molecule is COC[C@H](NC(=O)c1ccc2c(c1)CCN(C(=O)OC(C)(C)C)C2)c1nc2ccc(C)cc2[nH]1. The Bertz CT molecular complexity index is 1210. The van der Waals surface area contributed by atoms with Crippen LogP contribution < -0.4 is 5.32 Å². The molecule has 2 N–H and O–H groups in total. The molecule has 1 aliphatic rings. The number of aromatic nitrogens is 2. The van der Waals surface area contributed by atoms with Gasteiger partial charge in [0.1, 0.15) is 17.5 Å². The molecular formula is C26H32N4O4. The monoisotopic (exact) mass is 464 g/mol. The summed E-state index contributed by atoms with van der Waals surface area (Å²) in [7, 11) is 1.60. The van der Waals surface area contributed by atoms with Crippen LogP contribution in [0.1, 0.15) is 59.7 Å². The number of methoxy groups -OCH3 is 1. The van der Waals surface area contributed by atoms with E-state index in [0.717, 1.165) is 27.7 Å². The molecule has 3 aromatic rings. The van der Waals surface area contributed by atoms with E-state index >= 15 is 0 Å². The van der Waals surface area contributed by atoms with Crippen LogP contribution in [0.25, 0.3) is 11.0 Å². The van der Waals surface area contributed by atoms with Gasteiger partial charge in [-0.1, -0.05) is 12.1 Å². The molecule has 0 unspecified atom stereocenters. The molecule has 2 aromatic carbocycles.